The topological polar surface area (TPSA) is 42.3 Å². The van der Waals surface area contributed by atoms with E-state index in [-0.39, 0.29) is 5.54 Å². The van der Waals surface area contributed by atoms with Crippen LogP contribution in [0.25, 0.3) is 0 Å². The quantitative estimate of drug-likeness (QED) is 0.716. The van der Waals surface area contributed by atoms with Crippen LogP contribution >= 0.6 is 0 Å². The molecule has 1 rings (SSSR count). The first-order valence-electron chi connectivity index (χ1n) is 5.50. The lowest BCUT2D eigenvalue weighted by Gasteiger charge is -2.23. The monoisotopic (exact) mass is 210 g/mol. The Morgan fingerprint density at radius 3 is 2.67 bits per heavy atom. The van der Waals surface area contributed by atoms with Gasteiger partial charge in [-0.3, -0.25) is 5.32 Å². The maximum atomic E-state index is 9.26. The van der Waals surface area contributed by atoms with Crippen LogP contribution in [0.15, 0.2) is 0 Å². The molecule has 2 atom stereocenters. The van der Waals surface area contributed by atoms with Crippen molar-refractivity contribution >= 4 is 0 Å². The summed E-state index contributed by atoms with van der Waals surface area (Å²) in [5.41, 5.74) is -0.329. The second-order valence-corrected chi connectivity index (χ2v) is 4.89. The summed E-state index contributed by atoms with van der Waals surface area (Å²) in [6.45, 7) is 4.85. The fourth-order valence-corrected chi connectivity index (χ4v) is 2.07. The number of hydrogen-bond acceptors (Lipinski definition) is 4. The molecule has 0 spiro atoms. The number of likely N-dealkylation sites (tertiary alicyclic amines) is 1. The predicted molar refractivity (Wildman–Crippen MR) is 61.6 cm³/mol. The fraction of sp³-hybridized carbons (Fsp3) is 0.909. The van der Waals surface area contributed by atoms with Crippen molar-refractivity contribution in [3.63, 3.8) is 0 Å². The lowest BCUT2D eigenvalue weighted by Crippen LogP contribution is -2.48. The van der Waals surface area contributed by atoms with Crippen LogP contribution in [-0.4, -0.2) is 62.2 Å². The van der Waals surface area contributed by atoms with Crippen molar-refractivity contribution in [2.45, 2.75) is 24.9 Å². The van der Waals surface area contributed by atoms with Crippen molar-refractivity contribution in [2.24, 2.45) is 0 Å². The Kier molecular flexibility index (Phi) is 4.09. The number of nitrogens with one attached hydrogen (secondary N) is 1. The Hall–Kier alpha value is -0.630. The lowest BCUT2D eigenvalue weighted by molar-refractivity contribution is 0.314. The van der Waals surface area contributed by atoms with Gasteiger partial charge in [-0.25, -0.2) is 0 Å². The summed E-state index contributed by atoms with van der Waals surface area (Å²) >= 11 is 0. The summed E-state index contributed by atoms with van der Waals surface area (Å²) in [6.07, 6.45) is 0.924. The van der Waals surface area contributed by atoms with Crippen LogP contribution in [-0.2, 0) is 0 Å². The van der Waals surface area contributed by atoms with E-state index in [1.54, 1.807) is 0 Å². The average Bonchev–Trinajstić information content (AvgIpc) is 2.43. The van der Waals surface area contributed by atoms with Gasteiger partial charge in [-0.1, -0.05) is 0 Å². The van der Waals surface area contributed by atoms with Gasteiger partial charge in [0.15, 0.2) is 0 Å². The maximum Gasteiger partial charge on any atom is 0.121 e. The predicted octanol–water partition coefficient (Wildman–Crippen LogP) is 0.124. The second-order valence-electron chi connectivity index (χ2n) is 4.89. The smallest absolute Gasteiger partial charge is 0.121 e. The molecule has 4 nitrogen and oxygen atoms in total. The SMILES string of the molecule is CC1CC(C#N)(NCCN(C)C)CN1C. The summed E-state index contributed by atoms with van der Waals surface area (Å²) in [7, 11) is 6.17. The minimum absolute atomic E-state index is 0.329. The Morgan fingerprint density at radius 2 is 2.27 bits per heavy atom. The van der Waals surface area contributed by atoms with Gasteiger partial charge in [-0.15, -0.1) is 0 Å². The first kappa shape index (κ1) is 12.4. The molecule has 0 radical (unpaired) electrons. The van der Waals surface area contributed by atoms with E-state index in [0.717, 1.165) is 26.1 Å². The minimum atomic E-state index is -0.329. The zero-order valence-electron chi connectivity index (χ0n) is 10.2. The van der Waals surface area contributed by atoms with Crippen LogP contribution in [0, 0.1) is 11.3 Å². The third kappa shape index (κ3) is 3.16. The molecule has 1 fully saturated rings. The van der Waals surface area contributed by atoms with Gasteiger partial charge in [0, 0.05) is 25.7 Å². The van der Waals surface area contributed by atoms with E-state index >= 15 is 0 Å². The van der Waals surface area contributed by atoms with Gasteiger partial charge in [0.25, 0.3) is 0 Å². The van der Waals surface area contributed by atoms with Crippen molar-refractivity contribution < 1.29 is 0 Å². The molecule has 4 heteroatoms. The average molecular weight is 210 g/mol. The number of hydrogen-bond donors (Lipinski definition) is 1. The summed E-state index contributed by atoms with van der Waals surface area (Å²) < 4.78 is 0. The standard InChI is InChI=1S/C11H22N4/c1-10-7-11(8-12,9-15(10)4)13-5-6-14(2)3/h10,13H,5-7,9H2,1-4H3. The number of nitrogens with zero attached hydrogens (tertiary/aromatic N) is 3. The molecular formula is C11H22N4. The first-order valence-corrected chi connectivity index (χ1v) is 5.50. The van der Waals surface area contributed by atoms with Crippen LogP contribution < -0.4 is 5.32 Å². The molecule has 0 aromatic carbocycles. The van der Waals surface area contributed by atoms with E-state index < -0.39 is 0 Å². The van der Waals surface area contributed by atoms with E-state index in [4.69, 9.17) is 0 Å². The molecule has 1 aliphatic heterocycles. The highest BCUT2D eigenvalue weighted by Crippen LogP contribution is 2.24. The van der Waals surface area contributed by atoms with Gasteiger partial charge in [0.2, 0.25) is 0 Å². The van der Waals surface area contributed by atoms with Crippen molar-refractivity contribution in [1.29, 1.82) is 5.26 Å². The zero-order chi connectivity index (χ0) is 11.5. The summed E-state index contributed by atoms with van der Waals surface area (Å²) in [5.74, 6) is 0. The van der Waals surface area contributed by atoms with Gasteiger partial charge in [0.05, 0.1) is 6.07 Å². The Balaban J connectivity index is 2.46. The van der Waals surface area contributed by atoms with Gasteiger partial charge >= 0.3 is 0 Å². The van der Waals surface area contributed by atoms with E-state index in [0.29, 0.717) is 6.04 Å². The second kappa shape index (κ2) is 4.93. The molecule has 1 saturated heterocycles. The normalized spacial score (nSPS) is 32.1. The Labute approximate surface area is 92.8 Å². The summed E-state index contributed by atoms with van der Waals surface area (Å²) in [5, 5.41) is 12.7. The van der Waals surface area contributed by atoms with E-state index in [2.05, 4.69) is 35.2 Å². The number of rotatable bonds is 4. The third-order valence-electron chi connectivity index (χ3n) is 3.15. The Morgan fingerprint density at radius 1 is 1.60 bits per heavy atom. The first-order chi connectivity index (χ1) is 6.99. The summed E-state index contributed by atoms with van der Waals surface area (Å²) in [6, 6.07) is 2.94. The molecular weight excluding hydrogens is 188 g/mol. The van der Waals surface area contributed by atoms with Crippen LogP contribution in [0.5, 0.6) is 0 Å². The van der Waals surface area contributed by atoms with E-state index in [1.807, 2.05) is 14.1 Å². The van der Waals surface area contributed by atoms with E-state index in [1.165, 1.54) is 0 Å². The molecule has 0 bridgehead atoms. The van der Waals surface area contributed by atoms with Crippen molar-refractivity contribution in [3.8, 4) is 6.07 Å². The van der Waals surface area contributed by atoms with Gasteiger partial charge in [-0.2, -0.15) is 5.26 Å². The lowest BCUT2D eigenvalue weighted by atomic mass is 9.98. The highest BCUT2D eigenvalue weighted by atomic mass is 15.2. The molecule has 15 heavy (non-hydrogen) atoms. The van der Waals surface area contributed by atoms with Gasteiger partial charge in [-0.05, 0) is 34.5 Å². The number of nitriles is 1. The van der Waals surface area contributed by atoms with Crippen molar-refractivity contribution in [2.75, 3.05) is 40.8 Å². The minimum Gasteiger partial charge on any atom is -0.308 e. The molecule has 1 aliphatic rings. The third-order valence-corrected chi connectivity index (χ3v) is 3.15. The van der Waals surface area contributed by atoms with E-state index in [9.17, 15) is 5.26 Å². The summed E-state index contributed by atoms with van der Waals surface area (Å²) in [4.78, 5) is 4.37. The molecule has 0 amide bonds. The highest BCUT2D eigenvalue weighted by molar-refractivity contribution is 5.14. The van der Waals surface area contributed by atoms with Crippen LogP contribution in [0.3, 0.4) is 0 Å². The van der Waals surface area contributed by atoms with Gasteiger partial charge < -0.3 is 9.80 Å². The van der Waals surface area contributed by atoms with Crippen molar-refractivity contribution in [1.82, 2.24) is 15.1 Å². The number of likely N-dealkylation sites (N-methyl/N-ethyl adjacent to an activating group) is 2. The highest BCUT2D eigenvalue weighted by Gasteiger charge is 2.40. The molecule has 0 aromatic rings. The molecule has 0 aromatic heterocycles. The van der Waals surface area contributed by atoms with Crippen LogP contribution in [0.4, 0.5) is 0 Å². The molecule has 1 heterocycles. The molecule has 1 N–H and O–H groups in total. The van der Waals surface area contributed by atoms with Crippen LogP contribution in [0.1, 0.15) is 13.3 Å². The molecule has 86 valence electrons. The molecule has 0 aliphatic carbocycles. The largest absolute Gasteiger partial charge is 0.308 e. The maximum absolute atomic E-state index is 9.26. The zero-order valence-corrected chi connectivity index (χ0v) is 10.2. The van der Waals surface area contributed by atoms with Gasteiger partial charge in [0.1, 0.15) is 5.54 Å². The Bertz CT molecular complexity index is 233. The molecule has 2 unspecified atom stereocenters. The van der Waals surface area contributed by atoms with Crippen LogP contribution in [0.2, 0.25) is 0 Å². The fourth-order valence-electron chi connectivity index (χ4n) is 2.07. The molecule has 0 saturated carbocycles. The van der Waals surface area contributed by atoms with Crippen molar-refractivity contribution in [3.05, 3.63) is 0 Å².